The molecule has 4 aromatic rings. The molecule has 0 heterocycles. The highest BCUT2D eigenvalue weighted by molar-refractivity contribution is 5.56. The first-order valence-corrected chi connectivity index (χ1v) is 13.0. The van der Waals surface area contributed by atoms with E-state index >= 15 is 0 Å². The Morgan fingerprint density at radius 2 is 0.952 bits per heavy atom. The lowest BCUT2D eigenvalue weighted by molar-refractivity contribution is 0.467. The van der Waals surface area contributed by atoms with E-state index in [4.69, 9.17) is 0 Å². The van der Waals surface area contributed by atoms with Crippen molar-refractivity contribution in [3.63, 3.8) is 0 Å². The topological polar surface area (TPSA) is 138 Å². The van der Waals surface area contributed by atoms with Crippen molar-refractivity contribution in [3.05, 3.63) is 104 Å². The van der Waals surface area contributed by atoms with Crippen LogP contribution < -0.4 is 47.1 Å². The zero-order valence-electron chi connectivity index (χ0n) is 24.3. The van der Waals surface area contributed by atoms with E-state index in [2.05, 4.69) is 31.3 Å². The monoisotopic (exact) mass is 567 g/mol. The summed E-state index contributed by atoms with van der Waals surface area (Å²) in [6, 6.07) is 21.6. The second kappa shape index (κ2) is 12.8. The number of nitrogens with one attached hydrogen (secondary N) is 2. The average molecular weight is 568 g/mol. The predicted molar refractivity (Wildman–Crippen MR) is 168 cm³/mol. The third kappa shape index (κ3) is 6.78. The number of phenols is 1. The summed E-state index contributed by atoms with van der Waals surface area (Å²) >= 11 is 0. The molecule has 0 atom stereocenters. The summed E-state index contributed by atoms with van der Waals surface area (Å²) in [4.78, 5) is 32.5. The number of nitrogens with zero attached hydrogens (tertiary/aromatic N) is 7. The van der Waals surface area contributed by atoms with Crippen LogP contribution in [0, 0.1) is 0 Å². The van der Waals surface area contributed by atoms with Gasteiger partial charge in [-0.25, -0.2) is 0 Å². The van der Waals surface area contributed by atoms with Crippen molar-refractivity contribution < 1.29 is 5.11 Å². The van der Waals surface area contributed by atoms with Crippen LogP contribution in [0.3, 0.4) is 0 Å². The summed E-state index contributed by atoms with van der Waals surface area (Å²) < 4.78 is 0. The van der Waals surface area contributed by atoms with Crippen molar-refractivity contribution in [2.45, 2.75) is 0 Å². The molecule has 42 heavy (non-hydrogen) atoms. The van der Waals surface area contributed by atoms with Crippen LogP contribution in [0.15, 0.2) is 103 Å². The first kappa shape index (κ1) is 29.5. The number of aromatic hydroxyl groups is 1. The van der Waals surface area contributed by atoms with E-state index in [1.807, 2.05) is 93.4 Å². The normalized spacial score (nSPS) is 12.0. The van der Waals surface area contributed by atoms with Crippen molar-refractivity contribution in [2.75, 3.05) is 67.8 Å². The van der Waals surface area contributed by atoms with Crippen LogP contribution in [-0.4, -0.2) is 47.4 Å². The lowest BCUT2D eigenvalue weighted by Gasteiger charge is -2.12. The number of rotatable bonds is 9. The molecule has 12 heteroatoms. The third-order valence-corrected chi connectivity index (χ3v) is 6.30. The average Bonchev–Trinajstić information content (AvgIpc) is 2.97. The minimum absolute atomic E-state index is 0.424. The van der Waals surface area contributed by atoms with E-state index in [9.17, 15) is 14.7 Å². The molecule has 3 N–H and O–H groups in total. The Bertz CT molecular complexity index is 1790. The second-order valence-electron chi connectivity index (χ2n) is 9.99. The van der Waals surface area contributed by atoms with Crippen LogP contribution in [-0.2, 0) is 0 Å². The van der Waals surface area contributed by atoms with Gasteiger partial charge in [0.15, 0.2) is 22.2 Å². The van der Waals surface area contributed by atoms with Crippen LogP contribution in [0.2, 0.25) is 0 Å². The standard InChI is InChI=1S/C30H33N9O3/c1-37(2)22-13-7-19(8-14-22)31-34-25-28(40)26(35-32-20-9-15-23(16-10-20)38(3)4)30(42)27(29(25)41)36-33-21-11-17-24(18-12-21)39(5)6/h7-18,31-32,41H,1-6H3. The number of hydrogen-bond donors (Lipinski definition) is 3. The van der Waals surface area contributed by atoms with Gasteiger partial charge >= 0.3 is 0 Å². The molecule has 0 unspecified atom stereocenters. The fourth-order valence-electron chi connectivity index (χ4n) is 3.79. The van der Waals surface area contributed by atoms with Gasteiger partial charge in [-0.15, -0.1) is 5.11 Å². The van der Waals surface area contributed by atoms with Crippen molar-refractivity contribution in [1.82, 2.24) is 0 Å². The molecule has 0 aromatic heterocycles. The number of hydrogen-bond acceptors (Lipinski definition) is 12. The lowest BCUT2D eigenvalue weighted by atomic mass is 10.2. The molecule has 4 rings (SSSR count). The first-order valence-electron chi connectivity index (χ1n) is 13.0. The molecule has 0 spiro atoms. The molecule has 0 bridgehead atoms. The fraction of sp³-hybridized carbons (Fsp3) is 0.200. The highest BCUT2D eigenvalue weighted by atomic mass is 16.3. The molecule has 0 aliphatic carbocycles. The summed E-state index contributed by atoms with van der Waals surface area (Å²) in [7, 11) is 11.5. The maximum absolute atomic E-state index is 13.3. The summed E-state index contributed by atoms with van der Waals surface area (Å²) in [5.41, 5.74) is 7.73. The van der Waals surface area contributed by atoms with Crippen LogP contribution in [0.5, 0.6) is 5.75 Å². The Balaban J connectivity index is 1.79. The molecule has 4 aromatic carbocycles. The van der Waals surface area contributed by atoms with Gasteiger partial charge in [0.25, 0.3) is 0 Å². The minimum atomic E-state index is -0.891. The number of azo groups is 1. The Kier molecular flexibility index (Phi) is 8.96. The van der Waals surface area contributed by atoms with E-state index in [0.29, 0.717) is 17.1 Å². The summed E-state index contributed by atoms with van der Waals surface area (Å²) in [5.74, 6) is -0.703. The number of phenolic OH excluding ortho intramolecular Hbond substituents is 1. The van der Waals surface area contributed by atoms with Crippen molar-refractivity contribution >= 4 is 39.8 Å². The van der Waals surface area contributed by atoms with Gasteiger partial charge in [0.1, 0.15) is 0 Å². The van der Waals surface area contributed by atoms with Gasteiger partial charge in [-0.2, -0.15) is 15.3 Å². The summed E-state index contributed by atoms with van der Waals surface area (Å²) in [6.07, 6.45) is 0. The summed E-state index contributed by atoms with van der Waals surface area (Å²) in [6.45, 7) is 0. The quantitative estimate of drug-likeness (QED) is 0.207. The molecule has 0 saturated heterocycles. The van der Waals surface area contributed by atoms with Gasteiger partial charge in [-0.1, -0.05) is 0 Å². The SMILES string of the molecule is CN(C)c1ccc(N=Nc2c(O)c(=NNc3ccc(N(C)C)cc3)c(=O)c(=NNc3ccc(N(C)C)cc3)c2=O)cc1. The maximum Gasteiger partial charge on any atom is 0.241 e. The number of anilines is 5. The van der Waals surface area contributed by atoms with Crippen molar-refractivity contribution in [3.8, 4) is 5.75 Å². The van der Waals surface area contributed by atoms with Gasteiger partial charge in [-0.05, 0) is 72.8 Å². The maximum atomic E-state index is 13.3. The van der Waals surface area contributed by atoms with Crippen LogP contribution in [0.1, 0.15) is 0 Å². The molecular formula is C30H33N9O3. The van der Waals surface area contributed by atoms with Crippen molar-refractivity contribution in [1.29, 1.82) is 0 Å². The third-order valence-electron chi connectivity index (χ3n) is 6.30. The van der Waals surface area contributed by atoms with Gasteiger partial charge in [0.05, 0.1) is 17.1 Å². The fourth-order valence-corrected chi connectivity index (χ4v) is 3.79. The highest BCUT2D eigenvalue weighted by Crippen LogP contribution is 2.23. The molecule has 0 saturated carbocycles. The Hall–Kier alpha value is -5.52. The Labute approximate surface area is 242 Å². The van der Waals surface area contributed by atoms with Gasteiger partial charge in [0, 0.05) is 59.3 Å². The van der Waals surface area contributed by atoms with E-state index in [-0.39, 0.29) is 0 Å². The van der Waals surface area contributed by atoms with Crippen LogP contribution >= 0.6 is 0 Å². The van der Waals surface area contributed by atoms with Gasteiger partial charge in [-0.3, -0.25) is 20.4 Å². The zero-order chi connectivity index (χ0) is 30.4. The molecule has 0 fully saturated rings. The predicted octanol–water partition coefficient (Wildman–Crippen LogP) is 3.46. The van der Waals surface area contributed by atoms with Crippen molar-refractivity contribution in [2.24, 2.45) is 20.4 Å². The Morgan fingerprint density at radius 1 is 0.548 bits per heavy atom. The smallest absolute Gasteiger partial charge is 0.241 e. The molecule has 0 aliphatic rings. The second-order valence-corrected chi connectivity index (χ2v) is 9.99. The highest BCUT2D eigenvalue weighted by Gasteiger charge is 2.17. The minimum Gasteiger partial charge on any atom is -0.504 e. The van der Waals surface area contributed by atoms with E-state index in [1.54, 1.807) is 36.4 Å². The first-order chi connectivity index (χ1) is 20.0. The van der Waals surface area contributed by atoms with E-state index in [1.165, 1.54) is 0 Å². The molecule has 0 radical (unpaired) electrons. The molecule has 0 amide bonds. The summed E-state index contributed by atoms with van der Waals surface area (Å²) in [5, 5.41) is 26.4. The van der Waals surface area contributed by atoms with E-state index in [0.717, 1.165) is 17.1 Å². The number of benzene rings is 4. The van der Waals surface area contributed by atoms with E-state index < -0.39 is 33.0 Å². The van der Waals surface area contributed by atoms with Crippen LogP contribution in [0.25, 0.3) is 0 Å². The van der Waals surface area contributed by atoms with Crippen LogP contribution in [0.4, 0.5) is 39.8 Å². The molecule has 216 valence electrons. The molecule has 0 aliphatic heterocycles. The molecule has 12 nitrogen and oxygen atoms in total. The Morgan fingerprint density at radius 3 is 1.38 bits per heavy atom. The molecular weight excluding hydrogens is 534 g/mol. The largest absolute Gasteiger partial charge is 0.504 e. The van der Waals surface area contributed by atoms with Gasteiger partial charge in [0.2, 0.25) is 10.9 Å². The lowest BCUT2D eigenvalue weighted by Crippen LogP contribution is -2.48. The van der Waals surface area contributed by atoms with Gasteiger partial charge < -0.3 is 19.8 Å². The zero-order valence-corrected chi connectivity index (χ0v) is 24.3.